The summed E-state index contributed by atoms with van der Waals surface area (Å²) in [6, 6.07) is 19.3. The molecule has 0 bridgehead atoms. The zero-order chi connectivity index (χ0) is 30.0. The second-order valence-corrected chi connectivity index (χ2v) is 11.5. The molecule has 1 N–H and O–H groups in total. The SMILES string of the molecule is CCCCNC(=O)C(CC)N(Cc1ccccc1C)C(=O)CN(c1ccc([N+](=O)[O-])cc1)S(=O)(=O)c1ccccc1. The van der Waals surface area contributed by atoms with Crippen molar-refractivity contribution in [3.8, 4) is 0 Å². The van der Waals surface area contributed by atoms with E-state index in [2.05, 4.69) is 5.32 Å². The Morgan fingerprint density at radius 1 is 0.951 bits per heavy atom. The first kappa shape index (κ1) is 31.3. The Hall–Kier alpha value is -4.25. The lowest BCUT2D eigenvalue weighted by molar-refractivity contribution is -0.384. The molecule has 1 unspecified atom stereocenters. The van der Waals surface area contributed by atoms with Gasteiger partial charge in [0.1, 0.15) is 12.6 Å². The fourth-order valence-electron chi connectivity index (χ4n) is 4.39. The molecule has 10 nitrogen and oxygen atoms in total. The van der Waals surface area contributed by atoms with Gasteiger partial charge in [0.05, 0.1) is 15.5 Å². The third-order valence-electron chi connectivity index (χ3n) is 6.78. The minimum atomic E-state index is -4.25. The molecule has 2 amide bonds. The number of nitrogens with one attached hydrogen (secondary N) is 1. The molecular formula is C30H36N4O6S. The molecule has 1 atom stereocenters. The van der Waals surface area contributed by atoms with E-state index in [1.165, 1.54) is 41.3 Å². The fourth-order valence-corrected chi connectivity index (χ4v) is 5.82. The maximum absolute atomic E-state index is 14.1. The van der Waals surface area contributed by atoms with Crippen molar-refractivity contribution in [2.75, 3.05) is 17.4 Å². The van der Waals surface area contributed by atoms with Gasteiger partial charge in [-0.15, -0.1) is 0 Å². The Bertz CT molecular complexity index is 1450. The van der Waals surface area contributed by atoms with Gasteiger partial charge in [-0.1, -0.05) is 62.7 Å². The number of sulfonamides is 1. The summed E-state index contributed by atoms with van der Waals surface area (Å²) >= 11 is 0. The molecule has 218 valence electrons. The highest BCUT2D eigenvalue weighted by atomic mass is 32.2. The average Bonchev–Trinajstić information content (AvgIpc) is 2.97. The lowest BCUT2D eigenvalue weighted by atomic mass is 10.1. The van der Waals surface area contributed by atoms with Gasteiger partial charge in [0.25, 0.3) is 15.7 Å². The van der Waals surface area contributed by atoms with Gasteiger partial charge in [-0.2, -0.15) is 0 Å². The van der Waals surface area contributed by atoms with Gasteiger partial charge in [-0.25, -0.2) is 8.42 Å². The number of amides is 2. The number of aryl methyl sites for hydroxylation is 1. The summed E-state index contributed by atoms with van der Waals surface area (Å²) in [5.41, 5.74) is 1.63. The number of carbonyl (C=O) groups is 2. The molecule has 0 spiro atoms. The van der Waals surface area contributed by atoms with Crippen LogP contribution in [0.4, 0.5) is 11.4 Å². The van der Waals surface area contributed by atoms with E-state index in [0.717, 1.165) is 28.3 Å². The van der Waals surface area contributed by atoms with Crippen LogP contribution in [0.25, 0.3) is 0 Å². The van der Waals surface area contributed by atoms with Gasteiger partial charge in [0, 0.05) is 25.2 Å². The number of rotatable bonds is 14. The molecule has 0 fully saturated rings. The number of nitro benzene ring substituents is 1. The Kier molecular flexibility index (Phi) is 11.0. The van der Waals surface area contributed by atoms with Crippen molar-refractivity contribution in [3.05, 3.63) is 100 Å². The maximum Gasteiger partial charge on any atom is 0.269 e. The zero-order valence-corrected chi connectivity index (χ0v) is 24.3. The smallest absolute Gasteiger partial charge is 0.269 e. The molecule has 0 aliphatic rings. The van der Waals surface area contributed by atoms with E-state index in [4.69, 9.17) is 0 Å². The molecule has 3 aromatic carbocycles. The molecule has 0 aliphatic carbocycles. The minimum absolute atomic E-state index is 0.0408. The lowest BCUT2D eigenvalue weighted by Crippen LogP contribution is -2.52. The van der Waals surface area contributed by atoms with Crippen LogP contribution in [0.15, 0.2) is 83.8 Å². The molecule has 41 heavy (non-hydrogen) atoms. The predicted molar refractivity (Wildman–Crippen MR) is 158 cm³/mol. The average molecular weight is 581 g/mol. The highest BCUT2D eigenvalue weighted by Gasteiger charge is 2.34. The second-order valence-electron chi connectivity index (χ2n) is 9.61. The van der Waals surface area contributed by atoms with Crippen molar-refractivity contribution in [2.24, 2.45) is 0 Å². The Morgan fingerprint density at radius 3 is 2.17 bits per heavy atom. The van der Waals surface area contributed by atoms with Gasteiger partial charge in [-0.3, -0.25) is 24.0 Å². The van der Waals surface area contributed by atoms with Crippen LogP contribution >= 0.6 is 0 Å². The number of unbranched alkanes of at least 4 members (excludes halogenated alkanes) is 1. The summed E-state index contributed by atoms with van der Waals surface area (Å²) in [5, 5.41) is 14.1. The Morgan fingerprint density at radius 2 is 1.59 bits per heavy atom. The van der Waals surface area contributed by atoms with E-state index in [1.807, 2.05) is 38.1 Å². The highest BCUT2D eigenvalue weighted by Crippen LogP contribution is 2.27. The zero-order valence-electron chi connectivity index (χ0n) is 23.5. The molecule has 11 heteroatoms. The third kappa shape index (κ3) is 7.91. The Balaban J connectivity index is 2.05. The largest absolute Gasteiger partial charge is 0.354 e. The van der Waals surface area contributed by atoms with Crippen molar-refractivity contribution in [2.45, 2.75) is 57.5 Å². The number of hydrogen-bond acceptors (Lipinski definition) is 6. The molecule has 0 aromatic heterocycles. The molecule has 3 rings (SSSR count). The van der Waals surface area contributed by atoms with Crippen LogP contribution in [-0.2, 0) is 26.2 Å². The molecular weight excluding hydrogens is 544 g/mol. The monoisotopic (exact) mass is 580 g/mol. The topological polar surface area (TPSA) is 130 Å². The van der Waals surface area contributed by atoms with Crippen molar-refractivity contribution in [3.63, 3.8) is 0 Å². The molecule has 0 saturated heterocycles. The first-order chi connectivity index (χ1) is 19.6. The number of non-ortho nitro benzene ring substituents is 1. The van der Waals surface area contributed by atoms with Gasteiger partial charge in [0.15, 0.2) is 0 Å². The summed E-state index contributed by atoms with van der Waals surface area (Å²) in [4.78, 5) is 39.3. The maximum atomic E-state index is 14.1. The number of carbonyl (C=O) groups excluding carboxylic acids is 2. The molecule has 3 aromatic rings. The van der Waals surface area contributed by atoms with Crippen LogP contribution < -0.4 is 9.62 Å². The second kappa shape index (κ2) is 14.4. The Labute approximate surface area is 241 Å². The van der Waals surface area contributed by atoms with Gasteiger partial charge in [0.2, 0.25) is 11.8 Å². The summed E-state index contributed by atoms with van der Waals surface area (Å²) < 4.78 is 28.6. The van der Waals surface area contributed by atoms with Crippen LogP contribution in [0.3, 0.4) is 0 Å². The quantitative estimate of drug-likeness (QED) is 0.165. The van der Waals surface area contributed by atoms with E-state index in [0.29, 0.717) is 13.0 Å². The van der Waals surface area contributed by atoms with E-state index < -0.39 is 33.4 Å². The van der Waals surface area contributed by atoms with E-state index in [1.54, 1.807) is 25.1 Å². The summed E-state index contributed by atoms with van der Waals surface area (Å²) in [7, 11) is -4.25. The first-order valence-electron chi connectivity index (χ1n) is 13.5. The van der Waals surface area contributed by atoms with E-state index in [-0.39, 0.29) is 28.7 Å². The highest BCUT2D eigenvalue weighted by molar-refractivity contribution is 7.92. The van der Waals surface area contributed by atoms with E-state index >= 15 is 0 Å². The third-order valence-corrected chi connectivity index (χ3v) is 8.56. The van der Waals surface area contributed by atoms with Crippen molar-refractivity contribution >= 4 is 33.2 Å². The number of benzene rings is 3. The lowest BCUT2D eigenvalue weighted by Gasteiger charge is -2.33. The first-order valence-corrected chi connectivity index (χ1v) is 15.0. The summed E-state index contributed by atoms with van der Waals surface area (Å²) in [6.45, 7) is 5.68. The normalized spacial score (nSPS) is 11.9. The van der Waals surface area contributed by atoms with Crippen LogP contribution in [0, 0.1) is 17.0 Å². The molecule has 0 aliphatic heterocycles. The number of nitrogens with zero attached hydrogens (tertiary/aromatic N) is 3. The van der Waals surface area contributed by atoms with Crippen LogP contribution in [0.2, 0.25) is 0 Å². The summed E-state index contributed by atoms with van der Waals surface area (Å²) in [5.74, 6) is -0.890. The van der Waals surface area contributed by atoms with Gasteiger partial charge < -0.3 is 10.2 Å². The predicted octanol–water partition coefficient (Wildman–Crippen LogP) is 4.82. The van der Waals surface area contributed by atoms with Crippen molar-refractivity contribution in [1.82, 2.24) is 10.2 Å². The van der Waals surface area contributed by atoms with Crippen LogP contribution in [0.5, 0.6) is 0 Å². The van der Waals surface area contributed by atoms with Crippen LogP contribution in [-0.4, -0.2) is 49.2 Å². The summed E-state index contributed by atoms with van der Waals surface area (Å²) in [6.07, 6.45) is 2.00. The van der Waals surface area contributed by atoms with Gasteiger partial charge in [-0.05, 0) is 55.2 Å². The van der Waals surface area contributed by atoms with Crippen molar-refractivity contribution < 1.29 is 22.9 Å². The van der Waals surface area contributed by atoms with Crippen molar-refractivity contribution in [1.29, 1.82) is 0 Å². The standard InChI is InChI=1S/C30H36N4O6S/c1-4-6-20-31-30(36)28(5-2)32(21-24-13-11-10-12-23(24)3)29(35)22-33(25-16-18-26(19-17-25)34(37)38)41(39,40)27-14-8-7-9-15-27/h7-19,28H,4-6,20-22H2,1-3H3,(H,31,36). The minimum Gasteiger partial charge on any atom is -0.354 e. The number of hydrogen-bond donors (Lipinski definition) is 1. The molecule has 0 heterocycles. The fraction of sp³-hybridized carbons (Fsp3) is 0.333. The molecule has 0 saturated carbocycles. The van der Waals surface area contributed by atoms with E-state index in [9.17, 15) is 28.1 Å². The number of anilines is 1. The number of nitro groups is 1. The van der Waals surface area contributed by atoms with Crippen LogP contribution in [0.1, 0.15) is 44.2 Å². The van der Waals surface area contributed by atoms with Gasteiger partial charge >= 0.3 is 0 Å². The molecule has 0 radical (unpaired) electrons.